The summed E-state index contributed by atoms with van der Waals surface area (Å²) < 4.78 is 14.7. The van der Waals surface area contributed by atoms with E-state index in [9.17, 15) is 4.39 Å². The van der Waals surface area contributed by atoms with Crippen molar-refractivity contribution < 1.29 is 4.39 Å². The Morgan fingerprint density at radius 3 is 2.84 bits per heavy atom. The van der Waals surface area contributed by atoms with Gasteiger partial charge in [-0.05, 0) is 49.7 Å². The number of rotatable bonds is 1. The summed E-state index contributed by atoms with van der Waals surface area (Å²) in [6, 6.07) is 13.6. The Labute approximate surface area is 151 Å². The summed E-state index contributed by atoms with van der Waals surface area (Å²) in [5, 5.41) is 1.59. The molecule has 2 bridgehead atoms. The van der Waals surface area contributed by atoms with Gasteiger partial charge in [0.15, 0.2) is 0 Å². The summed E-state index contributed by atoms with van der Waals surface area (Å²) in [7, 11) is 2.18. The molecule has 4 heteroatoms. The maximum atomic E-state index is 14.7. The van der Waals surface area contributed by atoms with Crippen LogP contribution < -0.4 is 0 Å². The molecule has 2 aliphatic heterocycles. The summed E-state index contributed by atoms with van der Waals surface area (Å²) in [5.74, 6) is -0.194. The lowest BCUT2D eigenvalue weighted by Crippen LogP contribution is -2.35. The maximum absolute atomic E-state index is 14.7. The van der Waals surface area contributed by atoms with Crippen molar-refractivity contribution in [2.75, 3.05) is 7.05 Å². The van der Waals surface area contributed by atoms with E-state index in [-0.39, 0.29) is 5.82 Å². The molecule has 1 aromatic heterocycles. The van der Waals surface area contributed by atoms with Crippen LogP contribution in [0.3, 0.4) is 0 Å². The summed E-state index contributed by atoms with van der Waals surface area (Å²) in [6.07, 6.45) is 3.21. The number of fused-ring (bicyclic) bond motifs is 5. The van der Waals surface area contributed by atoms with E-state index in [0.717, 1.165) is 35.0 Å². The summed E-state index contributed by atoms with van der Waals surface area (Å²) >= 11 is 6.28. The van der Waals surface area contributed by atoms with Crippen molar-refractivity contribution in [3.8, 4) is 11.1 Å². The van der Waals surface area contributed by atoms with Gasteiger partial charge in [-0.3, -0.25) is 9.88 Å². The minimum Gasteiger partial charge on any atom is -0.296 e. The highest BCUT2D eigenvalue weighted by molar-refractivity contribution is 6.31. The smallest absolute Gasteiger partial charge is 0.131 e. The van der Waals surface area contributed by atoms with Crippen molar-refractivity contribution in [1.29, 1.82) is 0 Å². The van der Waals surface area contributed by atoms with Gasteiger partial charge in [-0.15, -0.1) is 0 Å². The molecule has 5 rings (SSSR count). The number of aromatic nitrogens is 1. The zero-order valence-corrected chi connectivity index (χ0v) is 14.7. The van der Waals surface area contributed by atoms with Crippen molar-refractivity contribution in [3.63, 3.8) is 0 Å². The lowest BCUT2D eigenvalue weighted by atomic mass is 9.87. The van der Waals surface area contributed by atoms with Crippen LogP contribution >= 0.6 is 11.6 Å². The molecule has 0 amide bonds. The Morgan fingerprint density at radius 1 is 1.16 bits per heavy atom. The minimum atomic E-state index is -0.194. The normalized spacial score (nSPS) is 22.4. The number of likely N-dealkylation sites (N-methyl/N-ethyl adjacent to an activating group) is 1. The van der Waals surface area contributed by atoms with Gasteiger partial charge >= 0.3 is 0 Å². The van der Waals surface area contributed by atoms with E-state index in [2.05, 4.69) is 11.9 Å². The monoisotopic (exact) mass is 352 g/mol. The number of benzene rings is 2. The van der Waals surface area contributed by atoms with Crippen LogP contribution in [-0.4, -0.2) is 23.0 Å². The van der Waals surface area contributed by atoms with Gasteiger partial charge in [0, 0.05) is 45.7 Å². The number of halogens is 2. The van der Waals surface area contributed by atoms with Gasteiger partial charge in [0.2, 0.25) is 0 Å². The predicted molar refractivity (Wildman–Crippen MR) is 99.4 cm³/mol. The lowest BCUT2D eigenvalue weighted by Gasteiger charge is -2.34. The Bertz CT molecular complexity index is 1000. The van der Waals surface area contributed by atoms with Crippen molar-refractivity contribution in [2.45, 2.75) is 31.3 Å². The second-order valence-corrected chi connectivity index (χ2v) is 7.54. The average molecular weight is 353 g/mol. The van der Waals surface area contributed by atoms with Gasteiger partial charge in [-0.25, -0.2) is 4.39 Å². The third-order valence-corrected chi connectivity index (χ3v) is 6.04. The van der Waals surface area contributed by atoms with Gasteiger partial charge in [0.1, 0.15) is 5.82 Å². The van der Waals surface area contributed by atoms with E-state index in [1.54, 1.807) is 6.07 Å². The molecule has 126 valence electrons. The van der Waals surface area contributed by atoms with Crippen LogP contribution in [0.1, 0.15) is 30.1 Å². The molecule has 3 aromatic rings. The number of pyridine rings is 1. The van der Waals surface area contributed by atoms with Crippen LogP contribution in [0.15, 0.2) is 42.5 Å². The van der Waals surface area contributed by atoms with Crippen molar-refractivity contribution in [2.24, 2.45) is 0 Å². The van der Waals surface area contributed by atoms with Gasteiger partial charge in [0.25, 0.3) is 0 Å². The Kier molecular flexibility index (Phi) is 3.37. The molecule has 1 fully saturated rings. The highest BCUT2D eigenvalue weighted by atomic mass is 35.5. The average Bonchev–Trinajstić information content (AvgIpc) is 2.84. The van der Waals surface area contributed by atoms with Crippen LogP contribution in [0.4, 0.5) is 4.39 Å². The summed E-state index contributed by atoms with van der Waals surface area (Å²) in [6.45, 7) is 0. The fourth-order valence-corrected chi connectivity index (χ4v) is 4.77. The standard InChI is InChI=1S/C21H18ClFN2/c1-25-13-7-9-19(25)21-18(11-13)24-17-8-6-12(22)10-15(17)20(21)14-4-2-3-5-16(14)23/h2-6,8,10,13,19H,7,9,11H2,1H3/t13?,19-/m0/s1. The van der Waals surface area contributed by atoms with E-state index in [0.29, 0.717) is 22.7 Å². The van der Waals surface area contributed by atoms with Gasteiger partial charge in [-0.2, -0.15) is 0 Å². The van der Waals surface area contributed by atoms with Crippen LogP contribution in [0.2, 0.25) is 5.02 Å². The summed E-state index contributed by atoms with van der Waals surface area (Å²) in [5.41, 5.74) is 4.82. The third-order valence-electron chi connectivity index (χ3n) is 5.81. The molecule has 2 aliphatic rings. The molecule has 2 atom stereocenters. The molecular weight excluding hydrogens is 335 g/mol. The highest BCUT2D eigenvalue weighted by Gasteiger charge is 2.40. The molecule has 0 saturated carbocycles. The Morgan fingerprint density at radius 2 is 2.00 bits per heavy atom. The Balaban J connectivity index is 1.92. The van der Waals surface area contributed by atoms with Crippen LogP contribution in [-0.2, 0) is 6.42 Å². The molecule has 0 aliphatic carbocycles. The largest absolute Gasteiger partial charge is 0.296 e. The molecule has 0 spiro atoms. The fraction of sp³-hybridized carbons (Fsp3) is 0.286. The Hall–Kier alpha value is -1.97. The molecule has 1 unspecified atom stereocenters. The van der Waals surface area contributed by atoms with Gasteiger partial charge in [0.05, 0.1) is 5.52 Å². The molecular formula is C21H18ClFN2. The van der Waals surface area contributed by atoms with Crippen molar-refractivity contribution in [1.82, 2.24) is 9.88 Å². The van der Waals surface area contributed by atoms with Crippen LogP contribution in [0, 0.1) is 5.82 Å². The SMILES string of the molecule is CN1C2CC[C@H]1c1c(nc3ccc(Cl)cc3c1-c1ccccc1F)C2. The van der Waals surface area contributed by atoms with E-state index in [1.165, 1.54) is 18.1 Å². The minimum absolute atomic E-state index is 0.194. The maximum Gasteiger partial charge on any atom is 0.131 e. The molecule has 25 heavy (non-hydrogen) atoms. The van der Waals surface area contributed by atoms with Crippen molar-refractivity contribution >= 4 is 22.5 Å². The van der Waals surface area contributed by atoms with Crippen molar-refractivity contribution in [3.05, 3.63) is 64.6 Å². The van der Waals surface area contributed by atoms with Crippen LogP contribution in [0.5, 0.6) is 0 Å². The van der Waals surface area contributed by atoms with Gasteiger partial charge in [-0.1, -0.05) is 29.8 Å². The van der Waals surface area contributed by atoms with E-state index in [4.69, 9.17) is 16.6 Å². The quantitative estimate of drug-likeness (QED) is 0.584. The highest BCUT2D eigenvalue weighted by Crippen LogP contribution is 2.48. The molecule has 2 aromatic carbocycles. The molecule has 1 saturated heterocycles. The van der Waals surface area contributed by atoms with E-state index < -0.39 is 0 Å². The van der Waals surface area contributed by atoms with E-state index >= 15 is 0 Å². The molecule has 3 heterocycles. The molecule has 0 N–H and O–H groups in total. The zero-order valence-electron chi connectivity index (χ0n) is 14.0. The number of hydrogen-bond acceptors (Lipinski definition) is 2. The topological polar surface area (TPSA) is 16.1 Å². The first-order valence-corrected chi connectivity index (χ1v) is 9.10. The number of nitrogens with zero attached hydrogens (tertiary/aromatic N) is 2. The second kappa shape index (κ2) is 5.52. The second-order valence-electron chi connectivity index (χ2n) is 7.11. The summed E-state index contributed by atoms with van der Waals surface area (Å²) in [4.78, 5) is 7.38. The predicted octanol–water partition coefficient (Wildman–Crippen LogP) is 5.39. The first-order valence-electron chi connectivity index (χ1n) is 8.72. The van der Waals surface area contributed by atoms with E-state index in [1.807, 2.05) is 30.3 Å². The molecule has 0 radical (unpaired) electrons. The first kappa shape index (κ1) is 15.3. The number of hydrogen-bond donors (Lipinski definition) is 0. The first-order chi connectivity index (χ1) is 12.1. The third kappa shape index (κ3) is 2.22. The lowest BCUT2D eigenvalue weighted by molar-refractivity contribution is 0.223. The molecule has 2 nitrogen and oxygen atoms in total. The van der Waals surface area contributed by atoms with Gasteiger partial charge < -0.3 is 0 Å². The van der Waals surface area contributed by atoms with Crippen LogP contribution in [0.25, 0.3) is 22.0 Å². The zero-order chi connectivity index (χ0) is 17.1. The fourth-order valence-electron chi connectivity index (χ4n) is 4.60.